The van der Waals surface area contributed by atoms with Crippen molar-refractivity contribution in [2.75, 3.05) is 0 Å². The van der Waals surface area contributed by atoms with Crippen LogP contribution in [0.4, 0.5) is 0 Å². The Morgan fingerprint density at radius 1 is 0.683 bits per heavy atom. The van der Waals surface area contributed by atoms with Gasteiger partial charge in [-0.15, -0.1) is 0 Å². The van der Waals surface area contributed by atoms with Crippen molar-refractivity contribution in [3.63, 3.8) is 0 Å². The van der Waals surface area contributed by atoms with E-state index in [0.717, 1.165) is 102 Å². The SMILES string of the molecule is CCCCCCCCCCCC[C@H](O)[C@@H]1CC[C@@H]([C@@H](O)CCCCCC(O)CCCCCCC2=CC(C)OC2=O)O1. The summed E-state index contributed by atoms with van der Waals surface area (Å²) in [6.07, 6.45) is 26.2. The number of carbonyl (C=O) groups excluding carboxylic acids is 1. The van der Waals surface area contributed by atoms with Crippen molar-refractivity contribution < 1.29 is 29.6 Å². The first-order valence-corrected chi connectivity index (χ1v) is 17.5. The molecule has 0 aromatic carbocycles. The molecule has 0 radical (unpaired) electrons. The summed E-state index contributed by atoms with van der Waals surface area (Å²) in [6, 6.07) is 0. The molecule has 0 bridgehead atoms. The Labute approximate surface area is 251 Å². The number of unbranched alkanes of at least 4 members (excludes halogenated alkanes) is 14. The summed E-state index contributed by atoms with van der Waals surface area (Å²) in [5.41, 5.74) is 0.819. The van der Waals surface area contributed by atoms with E-state index in [1.165, 1.54) is 57.8 Å². The van der Waals surface area contributed by atoms with Gasteiger partial charge in [-0.05, 0) is 64.4 Å². The van der Waals surface area contributed by atoms with Gasteiger partial charge >= 0.3 is 5.97 Å². The van der Waals surface area contributed by atoms with Gasteiger partial charge < -0.3 is 24.8 Å². The fraction of sp³-hybridized carbons (Fsp3) is 0.914. The first kappa shape index (κ1) is 36.2. The highest BCUT2D eigenvalue weighted by Crippen LogP contribution is 2.28. The van der Waals surface area contributed by atoms with Gasteiger partial charge in [-0.1, -0.05) is 110 Å². The van der Waals surface area contributed by atoms with Crippen molar-refractivity contribution in [1.82, 2.24) is 0 Å². The van der Waals surface area contributed by atoms with E-state index in [1.54, 1.807) is 0 Å². The molecule has 0 saturated carbocycles. The molecule has 6 atom stereocenters. The molecule has 6 nitrogen and oxygen atoms in total. The van der Waals surface area contributed by atoms with Crippen LogP contribution in [-0.4, -0.2) is 57.9 Å². The third-order valence-electron chi connectivity index (χ3n) is 9.06. The lowest BCUT2D eigenvalue weighted by Gasteiger charge is -2.22. The minimum Gasteiger partial charge on any atom is -0.455 e. The summed E-state index contributed by atoms with van der Waals surface area (Å²) in [7, 11) is 0. The van der Waals surface area contributed by atoms with E-state index in [9.17, 15) is 20.1 Å². The molecular formula is C35H64O6. The van der Waals surface area contributed by atoms with Crippen LogP contribution in [0.1, 0.15) is 168 Å². The van der Waals surface area contributed by atoms with E-state index in [1.807, 2.05) is 13.0 Å². The number of aliphatic hydroxyl groups excluding tert-OH is 3. The van der Waals surface area contributed by atoms with Crippen LogP contribution in [0.2, 0.25) is 0 Å². The molecule has 6 heteroatoms. The van der Waals surface area contributed by atoms with Crippen LogP contribution >= 0.6 is 0 Å². The molecule has 0 amide bonds. The summed E-state index contributed by atoms with van der Waals surface area (Å²) >= 11 is 0. The Bertz CT molecular complexity index is 694. The molecule has 0 aromatic heterocycles. The number of cyclic esters (lactones) is 1. The Morgan fingerprint density at radius 2 is 1.12 bits per heavy atom. The van der Waals surface area contributed by atoms with Crippen LogP contribution in [-0.2, 0) is 14.3 Å². The molecule has 2 unspecified atom stereocenters. The van der Waals surface area contributed by atoms with Gasteiger partial charge in [0, 0.05) is 5.57 Å². The number of aliphatic hydroxyl groups is 3. The summed E-state index contributed by atoms with van der Waals surface area (Å²) in [5.74, 6) is -0.158. The van der Waals surface area contributed by atoms with E-state index in [2.05, 4.69) is 6.92 Å². The molecule has 3 N–H and O–H groups in total. The number of hydrogen-bond acceptors (Lipinski definition) is 6. The normalized spacial score (nSPS) is 23.0. The van der Waals surface area contributed by atoms with Gasteiger partial charge in [0.25, 0.3) is 0 Å². The van der Waals surface area contributed by atoms with Crippen LogP contribution in [0, 0.1) is 0 Å². The third kappa shape index (κ3) is 16.5. The fourth-order valence-corrected chi connectivity index (χ4v) is 6.39. The molecule has 2 aliphatic heterocycles. The second-order valence-electron chi connectivity index (χ2n) is 12.9. The average molecular weight is 581 g/mol. The Balaban J connectivity index is 1.39. The maximum atomic E-state index is 11.6. The van der Waals surface area contributed by atoms with Crippen LogP contribution in [0.15, 0.2) is 11.6 Å². The van der Waals surface area contributed by atoms with Gasteiger partial charge in [0.15, 0.2) is 0 Å². The molecule has 0 spiro atoms. The summed E-state index contributed by atoms with van der Waals surface area (Å²) in [4.78, 5) is 11.6. The predicted octanol–water partition coefficient (Wildman–Crippen LogP) is 8.09. The molecule has 2 aliphatic rings. The molecule has 240 valence electrons. The number of hydrogen-bond donors (Lipinski definition) is 3. The lowest BCUT2D eigenvalue weighted by molar-refractivity contribution is -0.139. The van der Waals surface area contributed by atoms with Gasteiger partial charge in [-0.3, -0.25) is 0 Å². The van der Waals surface area contributed by atoms with Gasteiger partial charge in [0.2, 0.25) is 0 Å². The highest BCUT2D eigenvalue weighted by molar-refractivity contribution is 5.90. The maximum absolute atomic E-state index is 11.6. The Morgan fingerprint density at radius 3 is 1.61 bits per heavy atom. The highest BCUT2D eigenvalue weighted by Gasteiger charge is 2.34. The standard InChI is InChI=1S/C35H64O6/c1-3-4-5-6-7-8-9-10-11-18-23-31(37)33-25-26-34(41-33)32(38)24-19-14-17-22-30(36)21-16-13-12-15-20-29-27-28(2)40-35(29)39/h27-28,30-34,36-38H,3-26H2,1-2H3/t28?,30?,31-,32-,33-,34-/m0/s1. The summed E-state index contributed by atoms with van der Waals surface area (Å²) in [5, 5.41) is 31.5. The quantitative estimate of drug-likeness (QED) is 0.0707. The zero-order valence-corrected chi connectivity index (χ0v) is 26.6. The lowest BCUT2D eigenvalue weighted by Crippen LogP contribution is -2.31. The van der Waals surface area contributed by atoms with Gasteiger partial charge in [0.1, 0.15) is 6.10 Å². The number of ether oxygens (including phenoxy) is 2. The lowest BCUT2D eigenvalue weighted by atomic mass is 9.99. The topological polar surface area (TPSA) is 96.2 Å². The molecule has 0 aromatic rings. The third-order valence-corrected chi connectivity index (χ3v) is 9.06. The first-order valence-electron chi connectivity index (χ1n) is 17.5. The number of rotatable bonds is 26. The predicted molar refractivity (Wildman–Crippen MR) is 167 cm³/mol. The van der Waals surface area contributed by atoms with E-state index >= 15 is 0 Å². The molecule has 1 saturated heterocycles. The molecular weight excluding hydrogens is 516 g/mol. The van der Waals surface area contributed by atoms with Crippen molar-refractivity contribution in [3.8, 4) is 0 Å². The molecule has 0 aliphatic carbocycles. The van der Waals surface area contributed by atoms with Gasteiger partial charge in [-0.2, -0.15) is 0 Å². The maximum Gasteiger partial charge on any atom is 0.334 e. The number of esters is 1. The van der Waals surface area contributed by atoms with Crippen molar-refractivity contribution in [2.45, 2.75) is 205 Å². The summed E-state index contributed by atoms with van der Waals surface area (Å²) < 4.78 is 11.2. The fourth-order valence-electron chi connectivity index (χ4n) is 6.39. The minimum absolute atomic E-state index is 0.0812. The molecule has 2 heterocycles. The smallest absolute Gasteiger partial charge is 0.334 e. The van der Waals surface area contributed by atoms with E-state index in [0.29, 0.717) is 0 Å². The van der Waals surface area contributed by atoms with Crippen molar-refractivity contribution in [2.24, 2.45) is 0 Å². The Kier molecular flexibility index (Phi) is 20.0. The van der Waals surface area contributed by atoms with Crippen LogP contribution in [0.25, 0.3) is 0 Å². The number of carbonyl (C=O) groups is 1. The van der Waals surface area contributed by atoms with E-state index < -0.39 is 12.2 Å². The van der Waals surface area contributed by atoms with Crippen LogP contribution in [0.5, 0.6) is 0 Å². The van der Waals surface area contributed by atoms with E-state index in [4.69, 9.17) is 9.47 Å². The zero-order chi connectivity index (χ0) is 29.7. The Hall–Kier alpha value is -0.950. The molecule has 1 fully saturated rings. The molecule has 41 heavy (non-hydrogen) atoms. The first-order chi connectivity index (χ1) is 19.9. The minimum atomic E-state index is -0.459. The second-order valence-corrected chi connectivity index (χ2v) is 12.9. The second kappa shape index (κ2) is 22.6. The van der Waals surface area contributed by atoms with Crippen molar-refractivity contribution >= 4 is 5.97 Å². The van der Waals surface area contributed by atoms with Gasteiger partial charge in [0.05, 0.1) is 30.5 Å². The molecule has 2 rings (SSSR count). The monoisotopic (exact) mass is 580 g/mol. The van der Waals surface area contributed by atoms with E-state index in [-0.39, 0.29) is 30.4 Å². The summed E-state index contributed by atoms with van der Waals surface area (Å²) in [6.45, 7) is 4.15. The van der Waals surface area contributed by atoms with Crippen molar-refractivity contribution in [1.29, 1.82) is 0 Å². The van der Waals surface area contributed by atoms with Crippen LogP contribution in [0.3, 0.4) is 0 Å². The highest BCUT2D eigenvalue weighted by atomic mass is 16.5. The van der Waals surface area contributed by atoms with Crippen LogP contribution < -0.4 is 0 Å². The largest absolute Gasteiger partial charge is 0.455 e. The average Bonchev–Trinajstić information content (AvgIpc) is 3.57. The van der Waals surface area contributed by atoms with Crippen molar-refractivity contribution in [3.05, 3.63) is 11.6 Å². The van der Waals surface area contributed by atoms with Gasteiger partial charge in [-0.25, -0.2) is 4.79 Å². The zero-order valence-electron chi connectivity index (χ0n) is 26.6.